The highest BCUT2D eigenvalue weighted by molar-refractivity contribution is 5.65. The molecule has 1 saturated carbocycles. The van der Waals surface area contributed by atoms with Gasteiger partial charge in [0, 0.05) is 6.54 Å². The molecule has 1 aromatic rings. The van der Waals surface area contributed by atoms with E-state index in [1.165, 1.54) is 12.8 Å². The molecule has 1 aliphatic rings. The van der Waals surface area contributed by atoms with Crippen molar-refractivity contribution in [3.05, 3.63) is 24.3 Å². The van der Waals surface area contributed by atoms with Crippen LogP contribution in [0.2, 0.25) is 0 Å². The van der Waals surface area contributed by atoms with E-state index < -0.39 is 0 Å². The molecule has 2 nitrogen and oxygen atoms in total. The first-order chi connectivity index (χ1) is 6.20. The summed E-state index contributed by atoms with van der Waals surface area (Å²) in [6, 6.07) is 7.92. The number of benzene rings is 1. The maximum Gasteiger partial charge on any atom is 0.0574 e. The molecule has 1 aromatic carbocycles. The maximum absolute atomic E-state index is 5.81. The zero-order valence-corrected chi connectivity index (χ0v) is 8.01. The highest BCUT2D eigenvalue weighted by Crippen LogP contribution is 2.44. The Balaban J connectivity index is 1.97. The lowest BCUT2D eigenvalue weighted by Crippen LogP contribution is -2.12. The predicted octanol–water partition coefficient (Wildman–Crippen LogP) is 2.48. The molecule has 1 fully saturated rings. The first kappa shape index (κ1) is 8.42. The summed E-state index contributed by atoms with van der Waals surface area (Å²) >= 11 is 0. The Bertz CT molecular complexity index is 303. The fourth-order valence-corrected chi connectivity index (χ4v) is 1.36. The SMILES string of the molecule is CC1(CNc2ccccc2N)CC1. The van der Waals surface area contributed by atoms with Crippen LogP contribution >= 0.6 is 0 Å². The van der Waals surface area contributed by atoms with Crippen LogP contribution in [0.15, 0.2) is 24.3 Å². The first-order valence-electron chi connectivity index (χ1n) is 4.78. The van der Waals surface area contributed by atoms with E-state index in [4.69, 9.17) is 5.73 Å². The van der Waals surface area contributed by atoms with Crippen LogP contribution in [0.4, 0.5) is 11.4 Å². The van der Waals surface area contributed by atoms with Crippen molar-refractivity contribution >= 4 is 11.4 Å². The molecule has 13 heavy (non-hydrogen) atoms. The quantitative estimate of drug-likeness (QED) is 0.694. The van der Waals surface area contributed by atoms with Gasteiger partial charge in [0.25, 0.3) is 0 Å². The number of para-hydroxylation sites is 2. The van der Waals surface area contributed by atoms with Gasteiger partial charge in [0.15, 0.2) is 0 Å². The molecule has 0 unspecified atom stereocenters. The van der Waals surface area contributed by atoms with Crippen LogP contribution in [0.25, 0.3) is 0 Å². The number of rotatable bonds is 3. The summed E-state index contributed by atoms with van der Waals surface area (Å²) in [5.41, 5.74) is 8.24. The molecule has 0 spiro atoms. The first-order valence-corrected chi connectivity index (χ1v) is 4.78. The standard InChI is InChI=1S/C11H16N2/c1-11(6-7-11)8-13-10-5-3-2-4-9(10)12/h2-5,13H,6-8,12H2,1H3. The summed E-state index contributed by atoms with van der Waals surface area (Å²) in [6.07, 6.45) is 2.68. The number of nitrogens with one attached hydrogen (secondary N) is 1. The van der Waals surface area contributed by atoms with Crippen LogP contribution in [-0.2, 0) is 0 Å². The van der Waals surface area contributed by atoms with Gasteiger partial charge < -0.3 is 11.1 Å². The summed E-state index contributed by atoms with van der Waals surface area (Å²) in [5.74, 6) is 0. The Morgan fingerprint density at radius 3 is 2.69 bits per heavy atom. The Kier molecular flexibility index (Phi) is 1.91. The second kappa shape index (κ2) is 2.95. The van der Waals surface area contributed by atoms with E-state index in [0.717, 1.165) is 17.9 Å². The summed E-state index contributed by atoms with van der Waals surface area (Å²) in [7, 11) is 0. The number of hydrogen-bond acceptors (Lipinski definition) is 2. The van der Waals surface area contributed by atoms with Gasteiger partial charge >= 0.3 is 0 Å². The second-order valence-electron chi connectivity index (χ2n) is 4.25. The third-order valence-corrected chi connectivity index (χ3v) is 2.77. The zero-order valence-electron chi connectivity index (χ0n) is 8.01. The van der Waals surface area contributed by atoms with Crippen LogP contribution in [0, 0.1) is 5.41 Å². The maximum atomic E-state index is 5.81. The van der Waals surface area contributed by atoms with Gasteiger partial charge in [-0.15, -0.1) is 0 Å². The van der Waals surface area contributed by atoms with E-state index in [0.29, 0.717) is 5.41 Å². The largest absolute Gasteiger partial charge is 0.397 e. The topological polar surface area (TPSA) is 38.0 Å². The van der Waals surface area contributed by atoms with Gasteiger partial charge in [0.1, 0.15) is 0 Å². The lowest BCUT2D eigenvalue weighted by molar-refractivity contribution is 0.611. The molecule has 2 rings (SSSR count). The number of hydrogen-bond donors (Lipinski definition) is 2. The molecule has 0 heterocycles. The molecule has 2 heteroatoms. The molecule has 0 aliphatic heterocycles. The minimum absolute atomic E-state index is 0.530. The highest BCUT2D eigenvalue weighted by atomic mass is 14.9. The third-order valence-electron chi connectivity index (χ3n) is 2.77. The van der Waals surface area contributed by atoms with Gasteiger partial charge in [-0.1, -0.05) is 19.1 Å². The Hall–Kier alpha value is -1.18. The molecule has 0 radical (unpaired) electrons. The highest BCUT2D eigenvalue weighted by Gasteiger charge is 2.36. The number of nitrogens with two attached hydrogens (primary N) is 1. The Morgan fingerprint density at radius 2 is 2.08 bits per heavy atom. The van der Waals surface area contributed by atoms with E-state index in [9.17, 15) is 0 Å². The van der Waals surface area contributed by atoms with Crippen LogP contribution in [-0.4, -0.2) is 6.54 Å². The van der Waals surface area contributed by atoms with Crippen molar-refractivity contribution in [1.82, 2.24) is 0 Å². The van der Waals surface area contributed by atoms with Gasteiger partial charge in [-0.3, -0.25) is 0 Å². The Labute approximate surface area is 79.1 Å². The van der Waals surface area contributed by atoms with Crippen molar-refractivity contribution in [3.63, 3.8) is 0 Å². The molecule has 0 amide bonds. The fourth-order valence-electron chi connectivity index (χ4n) is 1.36. The van der Waals surface area contributed by atoms with Crippen molar-refractivity contribution in [2.45, 2.75) is 19.8 Å². The molecular formula is C11H16N2. The molecule has 0 saturated heterocycles. The molecular weight excluding hydrogens is 160 g/mol. The lowest BCUT2D eigenvalue weighted by Gasteiger charge is -2.12. The molecule has 0 aromatic heterocycles. The van der Waals surface area contributed by atoms with Gasteiger partial charge in [0.05, 0.1) is 11.4 Å². The van der Waals surface area contributed by atoms with Crippen molar-refractivity contribution in [2.75, 3.05) is 17.6 Å². The average Bonchev–Trinajstić information content (AvgIpc) is 2.83. The fraction of sp³-hybridized carbons (Fsp3) is 0.455. The molecule has 1 aliphatic carbocycles. The number of nitrogen functional groups attached to an aromatic ring is 1. The molecule has 0 bridgehead atoms. The summed E-state index contributed by atoms with van der Waals surface area (Å²) in [6.45, 7) is 3.35. The van der Waals surface area contributed by atoms with E-state index in [2.05, 4.69) is 12.2 Å². The van der Waals surface area contributed by atoms with E-state index >= 15 is 0 Å². The second-order valence-corrected chi connectivity index (χ2v) is 4.25. The van der Waals surface area contributed by atoms with Crippen molar-refractivity contribution < 1.29 is 0 Å². The smallest absolute Gasteiger partial charge is 0.0574 e. The minimum Gasteiger partial charge on any atom is -0.397 e. The summed E-state index contributed by atoms with van der Waals surface area (Å²) in [4.78, 5) is 0. The van der Waals surface area contributed by atoms with Crippen molar-refractivity contribution in [2.24, 2.45) is 5.41 Å². The lowest BCUT2D eigenvalue weighted by atomic mass is 10.1. The van der Waals surface area contributed by atoms with E-state index in [1.807, 2.05) is 24.3 Å². The molecule has 0 atom stereocenters. The normalized spacial score (nSPS) is 18.2. The summed E-state index contributed by atoms with van der Waals surface area (Å²) in [5, 5.41) is 3.39. The minimum atomic E-state index is 0.530. The van der Waals surface area contributed by atoms with E-state index in [1.54, 1.807) is 0 Å². The van der Waals surface area contributed by atoms with Gasteiger partial charge in [-0.25, -0.2) is 0 Å². The van der Waals surface area contributed by atoms with Crippen LogP contribution in [0.5, 0.6) is 0 Å². The van der Waals surface area contributed by atoms with Gasteiger partial charge in [-0.05, 0) is 30.4 Å². The van der Waals surface area contributed by atoms with Crippen LogP contribution in [0.1, 0.15) is 19.8 Å². The van der Waals surface area contributed by atoms with Crippen LogP contribution < -0.4 is 11.1 Å². The van der Waals surface area contributed by atoms with Crippen molar-refractivity contribution in [3.8, 4) is 0 Å². The molecule has 70 valence electrons. The predicted molar refractivity (Wildman–Crippen MR) is 56.7 cm³/mol. The Morgan fingerprint density at radius 1 is 1.38 bits per heavy atom. The van der Waals surface area contributed by atoms with Crippen LogP contribution in [0.3, 0.4) is 0 Å². The van der Waals surface area contributed by atoms with Gasteiger partial charge in [-0.2, -0.15) is 0 Å². The average molecular weight is 176 g/mol. The van der Waals surface area contributed by atoms with Crippen molar-refractivity contribution in [1.29, 1.82) is 0 Å². The monoisotopic (exact) mass is 176 g/mol. The number of anilines is 2. The zero-order chi connectivity index (χ0) is 9.31. The molecule has 3 N–H and O–H groups in total. The van der Waals surface area contributed by atoms with Gasteiger partial charge in [0.2, 0.25) is 0 Å². The summed E-state index contributed by atoms with van der Waals surface area (Å²) < 4.78 is 0. The van der Waals surface area contributed by atoms with E-state index in [-0.39, 0.29) is 0 Å². The third kappa shape index (κ3) is 1.94.